The van der Waals surface area contributed by atoms with E-state index in [0.29, 0.717) is 23.2 Å². The van der Waals surface area contributed by atoms with Crippen LogP contribution < -0.4 is 0 Å². The maximum atomic E-state index is 10.2. The zero-order valence-corrected chi connectivity index (χ0v) is 19.9. The minimum absolute atomic E-state index is 0.113. The van der Waals surface area contributed by atoms with Gasteiger partial charge in [0.05, 0.1) is 18.3 Å². The normalized spacial score (nSPS) is 46.2. The van der Waals surface area contributed by atoms with E-state index in [2.05, 4.69) is 26.8 Å². The van der Waals surface area contributed by atoms with Gasteiger partial charge < -0.3 is 15.3 Å². The number of hydrogen-bond acceptors (Lipinski definition) is 3. The molecule has 172 valence electrons. The average Bonchev–Trinajstić information content (AvgIpc) is 3.05. The fourth-order valence-corrected chi connectivity index (χ4v) is 8.70. The van der Waals surface area contributed by atoms with Crippen molar-refractivity contribution in [1.82, 2.24) is 0 Å². The van der Waals surface area contributed by atoms with Crippen molar-refractivity contribution >= 4 is 0 Å². The van der Waals surface area contributed by atoms with Gasteiger partial charge in [-0.25, -0.2) is 0 Å². The minimum atomic E-state index is -0.922. The summed E-state index contributed by atoms with van der Waals surface area (Å²) in [6.07, 6.45) is 15.1. The molecular formula is C27H46O3. The van der Waals surface area contributed by atoms with Crippen LogP contribution in [-0.4, -0.2) is 33.6 Å². The van der Waals surface area contributed by atoms with Crippen molar-refractivity contribution in [1.29, 1.82) is 0 Å². The van der Waals surface area contributed by atoms with Crippen LogP contribution in [0.3, 0.4) is 0 Å². The number of rotatable bonds is 6. The quantitative estimate of drug-likeness (QED) is 0.501. The molecule has 0 unspecified atom stereocenters. The van der Waals surface area contributed by atoms with Crippen LogP contribution in [0.25, 0.3) is 0 Å². The van der Waals surface area contributed by atoms with Gasteiger partial charge in [0.1, 0.15) is 0 Å². The van der Waals surface area contributed by atoms with Crippen LogP contribution in [0, 0.1) is 40.4 Å². The molecule has 4 aliphatic rings. The predicted molar refractivity (Wildman–Crippen MR) is 122 cm³/mol. The fourth-order valence-electron chi connectivity index (χ4n) is 8.70. The van der Waals surface area contributed by atoms with Crippen LogP contribution in [0.2, 0.25) is 0 Å². The molecule has 3 saturated carbocycles. The first-order valence-corrected chi connectivity index (χ1v) is 12.8. The Morgan fingerprint density at radius 2 is 1.90 bits per heavy atom. The molecule has 4 rings (SSSR count). The lowest BCUT2D eigenvalue weighted by molar-refractivity contribution is -0.0579. The topological polar surface area (TPSA) is 60.7 Å². The van der Waals surface area contributed by atoms with E-state index in [9.17, 15) is 15.3 Å². The Morgan fingerprint density at radius 1 is 1.13 bits per heavy atom. The lowest BCUT2D eigenvalue weighted by Crippen LogP contribution is -2.50. The molecule has 0 bridgehead atoms. The van der Waals surface area contributed by atoms with Gasteiger partial charge in [-0.05, 0) is 105 Å². The number of fused-ring (bicyclic) bond motifs is 5. The standard InChI is InChI=1S/C27H46O3/c1-18(6-5-13-25(2,30)17-28)22-9-10-23-21-8-7-19-16-20(29)11-14-26(19,3)24(21)12-15-27(22,23)4/h7,18,20-24,28-30H,5-6,8-17H2,1-4H3/t18-,20+,21+,22-,23+,24+,25-,26+,27-/m1/s1. The van der Waals surface area contributed by atoms with E-state index in [-0.39, 0.29) is 12.7 Å². The number of aliphatic hydroxyl groups excluding tert-OH is 2. The first kappa shape index (κ1) is 22.8. The Bertz CT molecular complexity index is 654. The van der Waals surface area contributed by atoms with Crippen LogP contribution in [0.5, 0.6) is 0 Å². The summed E-state index contributed by atoms with van der Waals surface area (Å²) >= 11 is 0. The second-order valence-corrected chi connectivity index (χ2v) is 12.4. The molecule has 0 aromatic heterocycles. The Balaban J connectivity index is 1.45. The summed E-state index contributed by atoms with van der Waals surface area (Å²) in [5, 5.41) is 29.7. The molecule has 9 atom stereocenters. The van der Waals surface area contributed by atoms with Gasteiger partial charge >= 0.3 is 0 Å². The summed E-state index contributed by atoms with van der Waals surface area (Å²) in [5.74, 6) is 4.00. The van der Waals surface area contributed by atoms with Crippen molar-refractivity contribution in [2.75, 3.05) is 6.61 Å². The van der Waals surface area contributed by atoms with Crippen molar-refractivity contribution in [3.8, 4) is 0 Å². The van der Waals surface area contributed by atoms with E-state index >= 15 is 0 Å². The monoisotopic (exact) mass is 418 g/mol. The zero-order chi connectivity index (χ0) is 21.7. The Kier molecular flexibility index (Phi) is 6.23. The summed E-state index contributed by atoms with van der Waals surface area (Å²) in [6, 6.07) is 0. The average molecular weight is 419 g/mol. The third-order valence-electron chi connectivity index (χ3n) is 10.6. The highest BCUT2D eigenvalue weighted by Gasteiger charge is 2.59. The summed E-state index contributed by atoms with van der Waals surface area (Å²) in [4.78, 5) is 0. The Morgan fingerprint density at radius 3 is 2.63 bits per heavy atom. The largest absolute Gasteiger partial charge is 0.393 e. The van der Waals surface area contributed by atoms with Crippen molar-refractivity contribution < 1.29 is 15.3 Å². The molecular weight excluding hydrogens is 372 g/mol. The maximum absolute atomic E-state index is 10.2. The molecule has 0 saturated heterocycles. The van der Waals surface area contributed by atoms with Gasteiger partial charge in [0.25, 0.3) is 0 Å². The number of hydrogen-bond donors (Lipinski definition) is 3. The van der Waals surface area contributed by atoms with Gasteiger partial charge in [-0.1, -0.05) is 45.3 Å². The summed E-state index contributed by atoms with van der Waals surface area (Å²) < 4.78 is 0. The molecule has 3 heteroatoms. The summed E-state index contributed by atoms with van der Waals surface area (Å²) in [7, 11) is 0. The summed E-state index contributed by atoms with van der Waals surface area (Å²) in [6.45, 7) is 9.19. The van der Waals surface area contributed by atoms with Gasteiger partial charge in [0.15, 0.2) is 0 Å². The molecule has 0 spiro atoms. The smallest absolute Gasteiger partial charge is 0.0849 e. The molecule has 0 radical (unpaired) electrons. The van der Waals surface area contributed by atoms with E-state index in [0.717, 1.165) is 49.4 Å². The van der Waals surface area contributed by atoms with E-state index in [1.54, 1.807) is 12.5 Å². The number of allylic oxidation sites excluding steroid dienone is 1. The van der Waals surface area contributed by atoms with Crippen molar-refractivity contribution in [3.05, 3.63) is 11.6 Å². The SMILES string of the molecule is C[C@H](CCC[C@@](C)(O)CO)[C@H]1CC[C@H]2[C@@H]3CC=C4C[C@@H](O)CC[C@]4(C)[C@H]3CC[C@]12C. The molecule has 0 aromatic rings. The fraction of sp³-hybridized carbons (Fsp3) is 0.926. The molecule has 30 heavy (non-hydrogen) atoms. The van der Waals surface area contributed by atoms with E-state index in [4.69, 9.17) is 0 Å². The lowest BCUT2D eigenvalue weighted by Gasteiger charge is -2.58. The second kappa shape index (κ2) is 8.19. The van der Waals surface area contributed by atoms with Crippen molar-refractivity contribution in [2.45, 2.75) is 110 Å². The third-order valence-corrected chi connectivity index (χ3v) is 10.6. The minimum Gasteiger partial charge on any atom is -0.393 e. The highest BCUT2D eigenvalue weighted by atomic mass is 16.3. The molecule has 0 amide bonds. The van der Waals surface area contributed by atoms with Gasteiger partial charge in [0, 0.05) is 0 Å². The van der Waals surface area contributed by atoms with Crippen LogP contribution in [-0.2, 0) is 0 Å². The second-order valence-electron chi connectivity index (χ2n) is 12.4. The van der Waals surface area contributed by atoms with Gasteiger partial charge in [-0.15, -0.1) is 0 Å². The molecule has 0 heterocycles. The molecule has 3 N–H and O–H groups in total. The van der Waals surface area contributed by atoms with E-state index in [1.165, 1.54) is 38.5 Å². The maximum Gasteiger partial charge on any atom is 0.0849 e. The first-order valence-electron chi connectivity index (χ1n) is 12.8. The first-order chi connectivity index (χ1) is 14.1. The van der Waals surface area contributed by atoms with Gasteiger partial charge in [-0.3, -0.25) is 0 Å². The highest BCUT2D eigenvalue weighted by Crippen LogP contribution is 2.67. The Hall–Kier alpha value is -0.380. The molecule has 0 aromatic carbocycles. The molecule has 4 aliphatic carbocycles. The van der Waals surface area contributed by atoms with Crippen LogP contribution in [0.15, 0.2) is 11.6 Å². The molecule has 3 nitrogen and oxygen atoms in total. The van der Waals surface area contributed by atoms with Crippen LogP contribution >= 0.6 is 0 Å². The number of aliphatic hydroxyl groups is 3. The van der Waals surface area contributed by atoms with Gasteiger partial charge in [-0.2, -0.15) is 0 Å². The van der Waals surface area contributed by atoms with E-state index < -0.39 is 5.60 Å². The van der Waals surface area contributed by atoms with Crippen LogP contribution in [0.4, 0.5) is 0 Å². The molecule has 3 fully saturated rings. The van der Waals surface area contributed by atoms with Crippen LogP contribution in [0.1, 0.15) is 98.3 Å². The summed E-state index contributed by atoms with van der Waals surface area (Å²) in [5.41, 5.74) is 1.46. The Labute approximate surface area is 184 Å². The lowest BCUT2D eigenvalue weighted by atomic mass is 9.47. The van der Waals surface area contributed by atoms with Gasteiger partial charge in [0.2, 0.25) is 0 Å². The van der Waals surface area contributed by atoms with Crippen molar-refractivity contribution in [3.63, 3.8) is 0 Å². The zero-order valence-electron chi connectivity index (χ0n) is 19.9. The van der Waals surface area contributed by atoms with Crippen molar-refractivity contribution in [2.24, 2.45) is 40.4 Å². The van der Waals surface area contributed by atoms with E-state index in [1.807, 2.05) is 0 Å². The highest BCUT2D eigenvalue weighted by molar-refractivity contribution is 5.25. The third kappa shape index (κ3) is 3.82. The molecule has 0 aliphatic heterocycles. The predicted octanol–water partition coefficient (Wildman–Crippen LogP) is 5.48.